The van der Waals surface area contributed by atoms with E-state index in [2.05, 4.69) is 18.1 Å². The number of unbranched alkanes of at least 4 members (excludes halogenated alkanes) is 2. The third-order valence-electron chi connectivity index (χ3n) is 4.63. The van der Waals surface area contributed by atoms with E-state index in [0.29, 0.717) is 5.69 Å². The number of allylic oxidation sites excluding steroid dienone is 1. The molecule has 25 heavy (non-hydrogen) atoms. The molecule has 2 nitrogen and oxygen atoms in total. The minimum Gasteiger partial charge on any atom is -0.237 e. The molecule has 1 aliphatic carbocycles. The van der Waals surface area contributed by atoms with Crippen LogP contribution < -0.4 is 0 Å². The number of aromatic nitrogens is 2. The van der Waals surface area contributed by atoms with Crippen molar-refractivity contribution in [3.8, 4) is 5.69 Å². The predicted molar refractivity (Wildman–Crippen MR) is 93.8 cm³/mol. The molecule has 0 unspecified atom stereocenters. The topological polar surface area (TPSA) is 17.8 Å². The number of hydrogen-bond acceptors (Lipinski definition) is 1. The Morgan fingerprint density at radius 1 is 1.20 bits per heavy atom. The molecule has 1 aromatic carbocycles. The first kappa shape index (κ1) is 17.8. The second kappa shape index (κ2) is 7.46. The molecule has 2 aromatic rings. The average Bonchev–Trinajstić information content (AvgIpc) is 2.97. The standard InChI is InChI=1S/C20H23F3N2/c1-2-3-4-5-12-18-17-11-6-7-13-19(17)25(24-18)16-10-8-9-15(14-16)20(21,22)23/h5,8-10,12,14H,2-4,6-7,11,13H2,1H3. The van der Waals surface area contributed by atoms with Crippen molar-refractivity contribution in [2.24, 2.45) is 0 Å². The van der Waals surface area contributed by atoms with Crippen LogP contribution in [0, 0.1) is 0 Å². The lowest BCUT2D eigenvalue weighted by Crippen LogP contribution is -2.10. The van der Waals surface area contributed by atoms with Crippen molar-refractivity contribution in [2.75, 3.05) is 0 Å². The molecule has 0 amide bonds. The van der Waals surface area contributed by atoms with E-state index in [1.807, 2.05) is 6.08 Å². The van der Waals surface area contributed by atoms with Gasteiger partial charge in [0.1, 0.15) is 0 Å². The maximum Gasteiger partial charge on any atom is 0.416 e. The molecule has 1 aliphatic rings. The van der Waals surface area contributed by atoms with Gasteiger partial charge in [-0.1, -0.05) is 31.9 Å². The number of benzene rings is 1. The maximum atomic E-state index is 13.0. The Balaban J connectivity index is 1.99. The van der Waals surface area contributed by atoms with Crippen LogP contribution in [0.2, 0.25) is 0 Å². The van der Waals surface area contributed by atoms with E-state index < -0.39 is 11.7 Å². The Hall–Kier alpha value is -2.04. The van der Waals surface area contributed by atoms with Crippen LogP contribution >= 0.6 is 0 Å². The van der Waals surface area contributed by atoms with E-state index >= 15 is 0 Å². The van der Waals surface area contributed by atoms with Crippen molar-refractivity contribution >= 4 is 6.08 Å². The fourth-order valence-corrected chi connectivity index (χ4v) is 3.31. The molecule has 0 radical (unpaired) electrons. The highest BCUT2D eigenvalue weighted by Crippen LogP contribution is 2.32. The molecule has 1 heterocycles. The molecule has 5 heteroatoms. The van der Waals surface area contributed by atoms with Gasteiger partial charge in [0, 0.05) is 11.3 Å². The summed E-state index contributed by atoms with van der Waals surface area (Å²) in [7, 11) is 0. The van der Waals surface area contributed by atoms with E-state index in [1.165, 1.54) is 17.7 Å². The Morgan fingerprint density at radius 3 is 2.76 bits per heavy atom. The third kappa shape index (κ3) is 3.97. The van der Waals surface area contributed by atoms with Gasteiger partial charge in [-0.2, -0.15) is 18.3 Å². The van der Waals surface area contributed by atoms with E-state index in [-0.39, 0.29) is 0 Å². The van der Waals surface area contributed by atoms with Gasteiger partial charge < -0.3 is 0 Å². The summed E-state index contributed by atoms with van der Waals surface area (Å²) in [6.07, 6.45) is 7.06. The molecule has 134 valence electrons. The monoisotopic (exact) mass is 348 g/mol. The number of nitrogens with zero attached hydrogens (tertiary/aromatic N) is 2. The highest BCUT2D eigenvalue weighted by molar-refractivity contribution is 5.53. The summed E-state index contributed by atoms with van der Waals surface area (Å²) >= 11 is 0. The smallest absolute Gasteiger partial charge is 0.237 e. The second-order valence-electron chi connectivity index (χ2n) is 6.52. The van der Waals surface area contributed by atoms with Crippen LogP contribution in [0.3, 0.4) is 0 Å². The minimum absolute atomic E-state index is 0.487. The van der Waals surface area contributed by atoms with Gasteiger partial charge in [0.05, 0.1) is 16.9 Å². The van der Waals surface area contributed by atoms with Crippen LogP contribution in [0.15, 0.2) is 30.3 Å². The number of fused-ring (bicyclic) bond motifs is 1. The molecular formula is C20H23F3N2. The number of halogens is 3. The van der Waals surface area contributed by atoms with Crippen LogP contribution in [-0.4, -0.2) is 9.78 Å². The molecule has 0 atom stereocenters. The number of hydrogen-bond donors (Lipinski definition) is 0. The fraction of sp³-hybridized carbons (Fsp3) is 0.450. The van der Waals surface area contributed by atoms with Crippen molar-refractivity contribution < 1.29 is 13.2 Å². The van der Waals surface area contributed by atoms with Gasteiger partial charge in [0.15, 0.2) is 0 Å². The first-order valence-corrected chi connectivity index (χ1v) is 8.95. The summed E-state index contributed by atoms with van der Waals surface area (Å²) in [5.74, 6) is 0. The molecule has 1 aromatic heterocycles. The number of rotatable bonds is 5. The van der Waals surface area contributed by atoms with E-state index in [1.54, 1.807) is 10.7 Å². The minimum atomic E-state index is -4.34. The zero-order chi connectivity index (χ0) is 17.9. The summed E-state index contributed by atoms with van der Waals surface area (Å²) in [4.78, 5) is 0. The SMILES string of the molecule is CCCCC=Cc1nn(-c2cccc(C(F)(F)F)c2)c2c1CCCC2. The van der Waals surface area contributed by atoms with E-state index in [0.717, 1.165) is 62.4 Å². The molecule has 0 aliphatic heterocycles. The zero-order valence-electron chi connectivity index (χ0n) is 14.4. The van der Waals surface area contributed by atoms with Gasteiger partial charge in [-0.05, 0) is 56.4 Å². The lowest BCUT2D eigenvalue weighted by Gasteiger charge is -2.15. The van der Waals surface area contributed by atoms with Gasteiger partial charge in [-0.25, -0.2) is 4.68 Å². The molecule has 0 fully saturated rings. The van der Waals surface area contributed by atoms with E-state index in [9.17, 15) is 13.2 Å². The van der Waals surface area contributed by atoms with Crippen LogP contribution in [0.4, 0.5) is 13.2 Å². The first-order valence-electron chi connectivity index (χ1n) is 8.95. The fourth-order valence-electron chi connectivity index (χ4n) is 3.31. The van der Waals surface area contributed by atoms with Gasteiger partial charge in [-0.15, -0.1) is 0 Å². The zero-order valence-corrected chi connectivity index (χ0v) is 14.4. The highest BCUT2D eigenvalue weighted by atomic mass is 19.4. The van der Waals surface area contributed by atoms with Gasteiger partial charge in [0.25, 0.3) is 0 Å². The van der Waals surface area contributed by atoms with Crippen molar-refractivity contribution in [1.29, 1.82) is 0 Å². The van der Waals surface area contributed by atoms with Crippen molar-refractivity contribution in [2.45, 2.75) is 58.0 Å². The van der Waals surface area contributed by atoms with Crippen LogP contribution in [-0.2, 0) is 19.0 Å². The van der Waals surface area contributed by atoms with Gasteiger partial charge in [-0.3, -0.25) is 0 Å². The van der Waals surface area contributed by atoms with Crippen LogP contribution in [0.1, 0.15) is 61.5 Å². The summed E-state index contributed by atoms with van der Waals surface area (Å²) in [6, 6.07) is 5.44. The van der Waals surface area contributed by atoms with Crippen LogP contribution in [0.5, 0.6) is 0 Å². The van der Waals surface area contributed by atoms with Crippen molar-refractivity contribution in [3.05, 3.63) is 52.9 Å². The predicted octanol–water partition coefficient (Wildman–Crippen LogP) is 5.97. The van der Waals surface area contributed by atoms with E-state index in [4.69, 9.17) is 0 Å². The summed E-state index contributed by atoms with van der Waals surface area (Å²) < 4.78 is 40.8. The average molecular weight is 348 g/mol. The molecule has 0 saturated carbocycles. The van der Waals surface area contributed by atoms with Gasteiger partial charge >= 0.3 is 6.18 Å². The van der Waals surface area contributed by atoms with Gasteiger partial charge in [0.2, 0.25) is 0 Å². The summed E-state index contributed by atoms with van der Waals surface area (Å²) in [5.41, 5.74) is 3.01. The molecule has 0 spiro atoms. The van der Waals surface area contributed by atoms with Crippen molar-refractivity contribution in [1.82, 2.24) is 9.78 Å². The summed E-state index contributed by atoms with van der Waals surface area (Å²) in [5, 5.41) is 4.65. The Kier molecular flexibility index (Phi) is 5.30. The molecule has 0 saturated heterocycles. The molecule has 0 bridgehead atoms. The summed E-state index contributed by atoms with van der Waals surface area (Å²) in [6.45, 7) is 2.15. The Bertz CT molecular complexity index is 757. The largest absolute Gasteiger partial charge is 0.416 e. The lowest BCUT2D eigenvalue weighted by molar-refractivity contribution is -0.137. The van der Waals surface area contributed by atoms with Crippen LogP contribution in [0.25, 0.3) is 11.8 Å². The quantitative estimate of drug-likeness (QED) is 0.608. The second-order valence-corrected chi connectivity index (χ2v) is 6.52. The molecule has 0 N–H and O–H groups in total. The highest BCUT2D eigenvalue weighted by Gasteiger charge is 2.31. The Morgan fingerprint density at radius 2 is 2.00 bits per heavy atom. The Labute approximate surface area is 146 Å². The third-order valence-corrected chi connectivity index (χ3v) is 4.63. The normalized spacial score (nSPS) is 14.9. The molecule has 3 rings (SSSR count). The lowest BCUT2D eigenvalue weighted by atomic mass is 9.95. The maximum absolute atomic E-state index is 13.0. The number of alkyl halides is 3. The molecular weight excluding hydrogens is 325 g/mol. The van der Waals surface area contributed by atoms with Crippen molar-refractivity contribution in [3.63, 3.8) is 0 Å². The first-order chi connectivity index (χ1) is 12.0.